The topological polar surface area (TPSA) is 36.8 Å². The number of amides is 1. The third kappa shape index (κ3) is 4.56. The smallest absolute Gasteiger partial charge is 0.282 e. The van der Waals surface area contributed by atoms with E-state index in [0.717, 1.165) is 38.3 Å². The van der Waals surface area contributed by atoms with E-state index in [1.54, 1.807) is 0 Å². The quantitative estimate of drug-likeness (QED) is 0.807. The van der Waals surface area contributed by atoms with Crippen molar-refractivity contribution in [2.24, 2.45) is 0 Å². The van der Waals surface area contributed by atoms with Gasteiger partial charge in [-0.25, -0.2) is 0 Å². The van der Waals surface area contributed by atoms with Gasteiger partial charge in [-0.2, -0.15) is 0 Å². The van der Waals surface area contributed by atoms with E-state index >= 15 is 0 Å². The molecule has 1 aliphatic heterocycles. The van der Waals surface area contributed by atoms with Crippen molar-refractivity contribution < 1.29 is 9.69 Å². The molecule has 3 rings (SSSR count). The van der Waals surface area contributed by atoms with Gasteiger partial charge in [0.2, 0.25) is 0 Å². The Balaban J connectivity index is 1.60. The summed E-state index contributed by atoms with van der Waals surface area (Å²) in [5.41, 5.74) is 4.83. The number of nitrogens with zero attached hydrogens (tertiary/aromatic N) is 1. The Hall–Kier alpha value is -2.33. The van der Waals surface area contributed by atoms with E-state index in [9.17, 15) is 4.79 Å². The molecule has 1 heterocycles. The van der Waals surface area contributed by atoms with Gasteiger partial charge in [0.1, 0.15) is 0 Å². The minimum atomic E-state index is -0.0518. The molecular formula is C24H34N3O+. The summed E-state index contributed by atoms with van der Waals surface area (Å²) < 4.78 is 0. The number of rotatable bonds is 6. The van der Waals surface area contributed by atoms with Crippen LogP contribution in [0.5, 0.6) is 0 Å². The molecule has 0 bridgehead atoms. The summed E-state index contributed by atoms with van der Waals surface area (Å²) in [5, 5.41) is 3.20. The summed E-state index contributed by atoms with van der Waals surface area (Å²) in [6.07, 6.45) is 1.06. The van der Waals surface area contributed by atoms with E-state index in [-0.39, 0.29) is 11.9 Å². The Kier molecular flexibility index (Phi) is 6.74. The second-order valence-corrected chi connectivity index (χ2v) is 8.04. The molecule has 1 saturated heterocycles. The molecule has 0 saturated carbocycles. The van der Waals surface area contributed by atoms with Crippen LogP contribution in [0.3, 0.4) is 0 Å². The van der Waals surface area contributed by atoms with Crippen molar-refractivity contribution in [1.82, 2.24) is 0 Å². The number of anilines is 2. The highest BCUT2D eigenvalue weighted by atomic mass is 16.2. The third-order valence-corrected chi connectivity index (χ3v) is 6.23. The molecule has 28 heavy (non-hydrogen) atoms. The zero-order valence-electron chi connectivity index (χ0n) is 17.7. The van der Waals surface area contributed by atoms with Crippen molar-refractivity contribution in [2.75, 3.05) is 36.4 Å². The molecule has 2 atom stereocenters. The van der Waals surface area contributed by atoms with Gasteiger partial charge < -0.3 is 15.1 Å². The highest BCUT2D eigenvalue weighted by Crippen LogP contribution is 2.26. The molecule has 1 fully saturated rings. The first kappa shape index (κ1) is 20.4. The second-order valence-electron chi connectivity index (χ2n) is 8.04. The van der Waals surface area contributed by atoms with E-state index in [1.807, 2.05) is 12.1 Å². The van der Waals surface area contributed by atoms with Gasteiger partial charge in [-0.3, -0.25) is 4.79 Å². The third-order valence-electron chi connectivity index (χ3n) is 6.23. The number of para-hydroxylation sites is 2. The molecule has 0 radical (unpaired) electrons. The summed E-state index contributed by atoms with van der Waals surface area (Å²) in [7, 11) is 0. The first-order valence-corrected chi connectivity index (χ1v) is 10.6. The van der Waals surface area contributed by atoms with Crippen LogP contribution in [0, 0.1) is 6.92 Å². The summed E-state index contributed by atoms with van der Waals surface area (Å²) in [5.74, 6) is 0.562. The Bertz CT molecular complexity index is 796. The lowest BCUT2D eigenvalue weighted by Gasteiger charge is -2.36. The first-order chi connectivity index (χ1) is 13.5. The number of hydrogen-bond donors (Lipinski definition) is 2. The highest BCUT2D eigenvalue weighted by Gasteiger charge is 2.30. The van der Waals surface area contributed by atoms with E-state index < -0.39 is 0 Å². The molecule has 150 valence electrons. The summed E-state index contributed by atoms with van der Waals surface area (Å²) in [6.45, 7) is 12.6. The summed E-state index contributed by atoms with van der Waals surface area (Å²) in [6, 6.07) is 16.7. The molecule has 0 aromatic heterocycles. The fourth-order valence-corrected chi connectivity index (χ4v) is 4.07. The predicted molar refractivity (Wildman–Crippen MR) is 117 cm³/mol. The van der Waals surface area contributed by atoms with Gasteiger partial charge in [0.15, 0.2) is 6.04 Å². The van der Waals surface area contributed by atoms with Crippen LogP contribution in [0.15, 0.2) is 48.5 Å². The van der Waals surface area contributed by atoms with Crippen LogP contribution in [-0.4, -0.2) is 38.1 Å². The minimum absolute atomic E-state index is 0.0518. The minimum Gasteiger partial charge on any atom is -0.360 e. The van der Waals surface area contributed by atoms with Crippen molar-refractivity contribution in [3.8, 4) is 0 Å². The first-order valence-electron chi connectivity index (χ1n) is 10.6. The number of nitrogens with one attached hydrogen (secondary N) is 2. The van der Waals surface area contributed by atoms with E-state index in [1.165, 1.54) is 21.7 Å². The van der Waals surface area contributed by atoms with Gasteiger partial charge in [-0.15, -0.1) is 0 Å². The summed E-state index contributed by atoms with van der Waals surface area (Å²) in [4.78, 5) is 16.7. The van der Waals surface area contributed by atoms with Crippen LogP contribution in [0.4, 0.5) is 11.4 Å². The Morgan fingerprint density at radius 1 is 1.07 bits per heavy atom. The number of carbonyl (C=O) groups is 1. The van der Waals surface area contributed by atoms with Gasteiger partial charge in [0, 0.05) is 11.4 Å². The average Bonchev–Trinajstić information content (AvgIpc) is 2.73. The molecular weight excluding hydrogens is 346 g/mol. The maximum atomic E-state index is 12.9. The maximum Gasteiger partial charge on any atom is 0.282 e. The Morgan fingerprint density at radius 3 is 2.39 bits per heavy atom. The van der Waals surface area contributed by atoms with Crippen LogP contribution in [0.25, 0.3) is 0 Å². The molecule has 1 aliphatic rings. The van der Waals surface area contributed by atoms with Gasteiger partial charge in [-0.1, -0.05) is 50.2 Å². The molecule has 2 N–H and O–H groups in total. The number of benzene rings is 2. The van der Waals surface area contributed by atoms with Crippen molar-refractivity contribution in [3.05, 3.63) is 59.7 Å². The molecule has 2 aromatic carbocycles. The molecule has 0 unspecified atom stereocenters. The van der Waals surface area contributed by atoms with Crippen LogP contribution < -0.4 is 15.1 Å². The molecule has 0 aliphatic carbocycles. The van der Waals surface area contributed by atoms with Gasteiger partial charge in [0.25, 0.3) is 5.91 Å². The van der Waals surface area contributed by atoms with Gasteiger partial charge in [0.05, 0.1) is 26.2 Å². The number of piperazine rings is 1. The zero-order valence-corrected chi connectivity index (χ0v) is 17.7. The fourth-order valence-electron chi connectivity index (χ4n) is 4.07. The van der Waals surface area contributed by atoms with Crippen molar-refractivity contribution >= 4 is 17.3 Å². The lowest BCUT2D eigenvalue weighted by atomic mass is 9.97. The SMILES string of the molecule is CC[C@H](C)c1ccccc1NC(=O)[C@H](C)[NH+]1CCN(c2ccccc2C)CC1. The normalized spacial score (nSPS) is 17.2. The standard InChI is InChI=1S/C24H33N3O/c1-5-18(2)21-11-7-8-12-22(21)25-24(28)20(4)26-14-16-27(17-15-26)23-13-9-6-10-19(23)3/h6-13,18,20H,5,14-17H2,1-4H3,(H,25,28)/p+1/t18-,20-/m0/s1. The molecule has 2 aromatic rings. The number of hydrogen-bond acceptors (Lipinski definition) is 2. The zero-order chi connectivity index (χ0) is 20.1. The molecule has 4 nitrogen and oxygen atoms in total. The van der Waals surface area contributed by atoms with Crippen molar-refractivity contribution in [3.63, 3.8) is 0 Å². The fraction of sp³-hybridized carbons (Fsp3) is 0.458. The van der Waals surface area contributed by atoms with Crippen LogP contribution in [0.1, 0.15) is 44.2 Å². The summed E-state index contributed by atoms with van der Waals surface area (Å²) >= 11 is 0. The van der Waals surface area contributed by atoms with Crippen LogP contribution in [-0.2, 0) is 4.79 Å². The number of aryl methyl sites for hydroxylation is 1. The second kappa shape index (κ2) is 9.24. The molecule has 0 spiro atoms. The van der Waals surface area contributed by atoms with E-state index in [2.05, 4.69) is 74.3 Å². The lowest BCUT2D eigenvalue weighted by Crippen LogP contribution is -3.19. The maximum absolute atomic E-state index is 12.9. The van der Waals surface area contributed by atoms with Gasteiger partial charge in [-0.05, 0) is 49.4 Å². The highest BCUT2D eigenvalue weighted by molar-refractivity contribution is 5.94. The largest absolute Gasteiger partial charge is 0.360 e. The van der Waals surface area contributed by atoms with Crippen LogP contribution in [0.2, 0.25) is 0 Å². The Morgan fingerprint density at radius 2 is 1.71 bits per heavy atom. The van der Waals surface area contributed by atoms with E-state index in [4.69, 9.17) is 0 Å². The van der Waals surface area contributed by atoms with Crippen molar-refractivity contribution in [2.45, 2.75) is 46.1 Å². The predicted octanol–water partition coefficient (Wildman–Crippen LogP) is 3.24. The Labute approximate surface area is 169 Å². The van der Waals surface area contributed by atoms with Crippen LogP contribution >= 0.6 is 0 Å². The molecule has 4 heteroatoms. The van der Waals surface area contributed by atoms with Crippen molar-refractivity contribution in [1.29, 1.82) is 0 Å². The molecule has 1 amide bonds. The lowest BCUT2D eigenvalue weighted by molar-refractivity contribution is -0.914. The number of quaternary nitrogens is 1. The number of carbonyl (C=O) groups excluding carboxylic acids is 1. The monoisotopic (exact) mass is 380 g/mol. The average molecular weight is 381 g/mol. The van der Waals surface area contributed by atoms with Gasteiger partial charge >= 0.3 is 0 Å². The van der Waals surface area contributed by atoms with E-state index in [0.29, 0.717) is 5.92 Å².